The molecule has 0 spiro atoms. The Hall–Kier alpha value is -1.08. The van der Waals surface area contributed by atoms with Crippen LogP contribution in [-0.2, 0) is 6.54 Å². The van der Waals surface area contributed by atoms with Gasteiger partial charge in [0.1, 0.15) is 0 Å². The van der Waals surface area contributed by atoms with Crippen LogP contribution in [0.2, 0.25) is 0 Å². The third-order valence-corrected chi connectivity index (χ3v) is 2.10. The van der Waals surface area contributed by atoms with Crippen LogP contribution in [0.5, 0.6) is 0 Å². The fourth-order valence-electron chi connectivity index (χ4n) is 1.28. The molecule has 0 saturated carbocycles. The lowest BCUT2D eigenvalue weighted by molar-refractivity contribution is 0.552. The van der Waals surface area contributed by atoms with Crippen LogP contribution in [-0.4, -0.2) is 6.54 Å². The second-order valence-electron chi connectivity index (χ2n) is 3.97. The zero-order valence-corrected chi connectivity index (χ0v) is 9.09. The summed E-state index contributed by atoms with van der Waals surface area (Å²) in [6, 6.07) is 8.48. The van der Waals surface area contributed by atoms with Gasteiger partial charge in [0, 0.05) is 6.54 Å². The molecule has 0 aliphatic rings. The number of hydrogen-bond acceptors (Lipinski definition) is 1. The van der Waals surface area contributed by atoms with Gasteiger partial charge in [0.05, 0.1) is 0 Å². The zero-order chi connectivity index (χ0) is 10.4. The predicted octanol–water partition coefficient (Wildman–Crippen LogP) is 3.08. The molecule has 1 nitrogen and oxygen atoms in total. The second kappa shape index (κ2) is 5.61. The zero-order valence-electron chi connectivity index (χ0n) is 9.09. The second-order valence-corrected chi connectivity index (χ2v) is 3.97. The third kappa shape index (κ3) is 3.75. The Morgan fingerprint density at radius 2 is 1.93 bits per heavy atom. The summed E-state index contributed by atoms with van der Waals surface area (Å²) in [6.07, 6.45) is 1.87. The van der Waals surface area contributed by atoms with Gasteiger partial charge in [-0.1, -0.05) is 50.8 Å². The molecule has 0 aliphatic carbocycles. The molecule has 0 unspecified atom stereocenters. The maximum Gasteiger partial charge on any atom is 0.0205 e. The molecule has 0 fully saturated rings. The molecule has 1 aromatic carbocycles. The summed E-state index contributed by atoms with van der Waals surface area (Å²) in [6.45, 7) is 10.2. The standard InChI is InChI=1S/C13H19N/c1-4-12-5-7-13(8-6-12)10-14-9-11(2)3/h4-8,11,14H,1,9-10H2,2-3H3. The molecule has 0 bridgehead atoms. The summed E-state index contributed by atoms with van der Waals surface area (Å²) in [5, 5.41) is 3.41. The summed E-state index contributed by atoms with van der Waals surface area (Å²) in [4.78, 5) is 0. The highest BCUT2D eigenvalue weighted by Gasteiger charge is 1.94. The summed E-state index contributed by atoms with van der Waals surface area (Å²) in [5.74, 6) is 0.711. The summed E-state index contributed by atoms with van der Waals surface area (Å²) >= 11 is 0. The molecule has 0 amide bonds. The first kappa shape index (κ1) is 11.0. The SMILES string of the molecule is C=Cc1ccc(CNCC(C)C)cc1. The predicted molar refractivity (Wildman–Crippen MR) is 63.1 cm³/mol. The van der Waals surface area contributed by atoms with Crippen LogP contribution in [0, 0.1) is 5.92 Å². The minimum atomic E-state index is 0.711. The number of rotatable bonds is 5. The molecule has 14 heavy (non-hydrogen) atoms. The Balaban J connectivity index is 2.40. The van der Waals surface area contributed by atoms with Gasteiger partial charge in [-0.15, -0.1) is 0 Å². The number of hydrogen-bond donors (Lipinski definition) is 1. The van der Waals surface area contributed by atoms with Gasteiger partial charge in [-0.05, 0) is 23.6 Å². The molecule has 1 rings (SSSR count). The monoisotopic (exact) mass is 189 g/mol. The molecule has 1 aromatic rings. The lowest BCUT2D eigenvalue weighted by Crippen LogP contribution is -2.18. The first-order valence-corrected chi connectivity index (χ1v) is 5.14. The Morgan fingerprint density at radius 1 is 1.29 bits per heavy atom. The number of benzene rings is 1. The van der Waals surface area contributed by atoms with E-state index in [1.807, 2.05) is 6.08 Å². The minimum Gasteiger partial charge on any atom is -0.312 e. The first-order valence-electron chi connectivity index (χ1n) is 5.14. The Kier molecular flexibility index (Phi) is 4.41. The van der Waals surface area contributed by atoms with Crippen molar-refractivity contribution in [1.29, 1.82) is 0 Å². The van der Waals surface area contributed by atoms with E-state index in [0.717, 1.165) is 13.1 Å². The van der Waals surface area contributed by atoms with Crippen LogP contribution in [0.1, 0.15) is 25.0 Å². The number of nitrogens with one attached hydrogen (secondary N) is 1. The van der Waals surface area contributed by atoms with E-state index in [9.17, 15) is 0 Å². The van der Waals surface area contributed by atoms with Crippen molar-refractivity contribution in [2.75, 3.05) is 6.54 Å². The minimum absolute atomic E-state index is 0.711. The van der Waals surface area contributed by atoms with Crippen molar-refractivity contribution in [1.82, 2.24) is 5.32 Å². The maximum absolute atomic E-state index is 3.73. The molecule has 0 atom stereocenters. The molecule has 1 N–H and O–H groups in total. The Morgan fingerprint density at radius 3 is 2.43 bits per heavy atom. The van der Waals surface area contributed by atoms with Gasteiger partial charge in [0.2, 0.25) is 0 Å². The van der Waals surface area contributed by atoms with Gasteiger partial charge in [-0.25, -0.2) is 0 Å². The molecule has 0 aromatic heterocycles. The third-order valence-electron chi connectivity index (χ3n) is 2.10. The Bertz CT molecular complexity index is 272. The topological polar surface area (TPSA) is 12.0 Å². The van der Waals surface area contributed by atoms with Crippen molar-refractivity contribution in [2.24, 2.45) is 5.92 Å². The van der Waals surface area contributed by atoms with Gasteiger partial charge in [0.25, 0.3) is 0 Å². The van der Waals surface area contributed by atoms with Crippen LogP contribution in [0.4, 0.5) is 0 Å². The molecule has 0 saturated heterocycles. The van der Waals surface area contributed by atoms with Crippen molar-refractivity contribution in [2.45, 2.75) is 20.4 Å². The molecule has 0 aliphatic heterocycles. The van der Waals surface area contributed by atoms with E-state index in [1.54, 1.807) is 0 Å². The average Bonchev–Trinajstić information content (AvgIpc) is 2.18. The van der Waals surface area contributed by atoms with E-state index in [0.29, 0.717) is 5.92 Å². The average molecular weight is 189 g/mol. The summed E-state index contributed by atoms with van der Waals surface area (Å²) < 4.78 is 0. The maximum atomic E-state index is 3.73. The van der Waals surface area contributed by atoms with Crippen LogP contribution < -0.4 is 5.32 Å². The fraction of sp³-hybridized carbons (Fsp3) is 0.385. The molecule has 1 heteroatoms. The van der Waals surface area contributed by atoms with Gasteiger partial charge in [-0.2, -0.15) is 0 Å². The van der Waals surface area contributed by atoms with Crippen LogP contribution in [0.3, 0.4) is 0 Å². The quantitative estimate of drug-likeness (QED) is 0.750. The van der Waals surface area contributed by atoms with E-state index in [-0.39, 0.29) is 0 Å². The van der Waals surface area contributed by atoms with Crippen molar-refractivity contribution in [3.63, 3.8) is 0 Å². The van der Waals surface area contributed by atoms with E-state index < -0.39 is 0 Å². The van der Waals surface area contributed by atoms with E-state index >= 15 is 0 Å². The van der Waals surface area contributed by atoms with Gasteiger partial charge >= 0.3 is 0 Å². The summed E-state index contributed by atoms with van der Waals surface area (Å²) in [7, 11) is 0. The molecule has 0 radical (unpaired) electrons. The highest BCUT2D eigenvalue weighted by molar-refractivity contribution is 5.47. The van der Waals surface area contributed by atoms with E-state index in [4.69, 9.17) is 0 Å². The van der Waals surface area contributed by atoms with Crippen LogP contribution >= 0.6 is 0 Å². The highest BCUT2D eigenvalue weighted by atomic mass is 14.8. The normalized spacial score (nSPS) is 10.5. The molecule has 76 valence electrons. The van der Waals surface area contributed by atoms with Gasteiger partial charge in [-0.3, -0.25) is 0 Å². The van der Waals surface area contributed by atoms with E-state index in [1.165, 1.54) is 11.1 Å². The van der Waals surface area contributed by atoms with Crippen molar-refractivity contribution < 1.29 is 0 Å². The van der Waals surface area contributed by atoms with Crippen molar-refractivity contribution in [3.05, 3.63) is 42.0 Å². The largest absolute Gasteiger partial charge is 0.312 e. The molecular formula is C13H19N. The van der Waals surface area contributed by atoms with E-state index in [2.05, 4.69) is 50.0 Å². The van der Waals surface area contributed by atoms with Crippen molar-refractivity contribution in [3.8, 4) is 0 Å². The van der Waals surface area contributed by atoms with Gasteiger partial charge in [0.15, 0.2) is 0 Å². The lowest BCUT2D eigenvalue weighted by atomic mass is 10.1. The Labute approximate surface area is 86.8 Å². The highest BCUT2D eigenvalue weighted by Crippen LogP contribution is 2.05. The summed E-state index contributed by atoms with van der Waals surface area (Å²) in [5.41, 5.74) is 2.51. The van der Waals surface area contributed by atoms with Crippen molar-refractivity contribution >= 4 is 6.08 Å². The first-order chi connectivity index (χ1) is 6.72. The molecule has 0 heterocycles. The van der Waals surface area contributed by atoms with Crippen LogP contribution in [0.25, 0.3) is 6.08 Å². The lowest BCUT2D eigenvalue weighted by Gasteiger charge is -2.07. The smallest absolute Gasteiger partial charge is 0.0205 e. The van der Waals surface area contributed by atoms with Crippen LogP contribution in [0.15, 0.2) is 30.8 Å². The molecular weight excluding hydrogens is 170 g/mol. The van der Waals surface area contributed by atoms with Gasteiger partial charge < -0.3 is 5.32 Å². The fourth-order valence-corrected chi connectivity index (χ4v) is 1.28.